The predicted octanol–water partition coefficient (Wildman–Crippen LogP) is 1.11. The largest absolute Gasteiger partial charge is 0.368 e. The molecule has 1 unspecified atom stereocenters. The number of aliphatic imine (C=N–C) groups is 1. The zero-order chi connectivity index (χ0) is 10.8. The summed E-state index contributed by atoms with van der Waals surface area (Å²) in [5.74, 6) is -0.350. The van der Waals surface area contributed by atoms with Crippen LogP contribution in [-0.2, 0) is 4.79 Å². The van der Waals surface area contributed by atoms with Crippen LogP contribution in [-0.4, -0.2) is 18.2 Å². The fourth-order valence-corrected chi connectivity index (χ4v) is 1.75. The van der Waals surface area contributed by atoms with Crippen LogP contribution in [0, 0.1) is 0 Å². The number of carbonyl (C=O) groups excluding carboxylic acids is 1. The van der Waals surface area contributed by atoms with Crippen LogP contribution >= 0.6 is 12.4 Å². The molecule has 0 saturated carbocycles. The molecule has 4 N–H and O–H groups in total. The smallest absolute Gasteiger partial charge is 0.234 e. The molecule has 0 saturated heterocycles. The number of carbonyl (C=O) groups is 1. The standard InChI is InChI=1S/C11H13N3O.ClH/c12-9(11(13)15)5-7-6-14-10-4-2-1-3-8(7)10;/h1-4,6-7,9H,5,12H2,(H2,13,15);1H/t7?,9-;/m0./s1. The van der Waals surface area contributed by atoms with E-state index in [1.165, 1.54) is 0 Å². The Morgan fingerprint density at radius 3 is 2.81 bits per heavy atom. The molecule has 0 aromatic heterocycles. The van der Waals surface area contributed by atoms with Crippen molar-refractivity contribution in [3.63, 3.8) is 0 Å². The van der Waals surface area contributed by atoms with Crippen LogP contribution < -0.4 is 11.5 Å². The number of rotatable bonds is 3. The second-order valence-electron chi connectivity index (χ2n) is 3.69. The summed E-state index contributed by atoms with van der Waals surface area (Å²) in [5, 5.41) is 0. The fourth-order valence-electron chi connectivity index (χ4n) is 1.75. The summed E-state index contributed by atoms with van der Waals surface area (Å²) in [6.45, 7) is 0. The van der Waals surface area contributed by atoms with Gasteiger partial charge in [0.2, 0.25) is 5.91 Å². The van der Waals surface area contributed by atoms with Crippen LogP contribution in [0.1, 0.15) is 17.9 Å². The van der Waals surface area contributed by atoms with E-state index in [9.17, 15) is 4.79 Å². The minimum Gasteiger partial charge on any atom is -0.368 e. The SMILES string of the molecule is Cl.NC(=O)[C@@H](N)CC1C=Nc2ccccc21. The molecule has 5 heteroatoms. The molecule has 1 aromatic carbocycles. The highest BCUT2D eigenvalue weighted by Gasteiger charge is 2.22. The van der Waals surface area contributed by atoms with Gasteiger partial charge in [0.15, 0.2) is 0 Å². The summed E-state index contributed by atoms with van der Waals surface area (Å²) in [7, 11) is 0. The van der Waals surface area contributed by atoms with Crippen molar-refractivity contribution in [2.75, 3.05) is 0 Å². The quantitative estimate of drug-likeness (QED) is 0.829. The minimum atomic E-state index is -0.604. The highest BCUT2D eigenvalue weighted by Crippen LogP contribution is 2.33. The van der Waals surface area contributed by atoms with Crippen LogP contribution in [0.4, 0.5) is 5.69 Å². The molecule has 0 aliphatic carbocycles. The monoisotopic (exact) mass is 239 g/mol. The number of halogens is 1. The Bertz CT molecular complexity index is 419. The summed E-state index contributed by atoms with van der Waals surface area (Å²) in [6.07, 6.45) is 2.35. The Labute approximate surface area is 100 Å². The van der Waals surface area contributed by atoms with Gasteiger partial charge in [-0.15, -0.1) is 12.4 Å². The Kier molecular flexibility index (Phi) is 4.04. The van der Waals surface area contributed by atoms with Crippen molar-refractivity contribution >= 4 is 30.2 Å². The lowest BCUT2D eigenvalue weighted by molar-refractivity contribution is -0.119. The zero-order valence-electron chi connectivity index (χ0n) is 8.67. The summed E-state index contributed by atoms with van der Waals surface area (Å²) in [4.78, 5) is 15.1. The normalized spacial score (nSPS) is 18.7. The van der Waals surface area contributed by atoms with Crippen LogP contribution in [0.15, 0.2) is 29.3 Å². The highest BCUT2D eigenvalue weighted by molar-refractivity contribution is 5.85. The van der Waals surface area contributed by atoms with E-state index in [2.05, 4.69) is 4.99 Å². The molecule has 1 aliphatic rings. The average molecular weight is 240 g/mol. The Balaban J connectivity index is 0.00000128. The first kappa shape index (κ1) is 12.7. The molecule has 1 amide bonds. The summed E-state index contributed by atoms with van der Waals surface area (Å²) in [6, 6.07) is 7.23. The van der Waals surface area contributed by atoms with Crippen molar-refractivity contribution in [1.82, 2.24) is 0 Å². The first-order chi connectivity index (χ1) is 7.18. The predicted molar refractivity (Wildman–Crippen MR) is 66.4 cm³/mol. The number of primary amides is 1. The molecule has 0 radical (unpaired) electrons. The lowest BCUT2D eigenvalue weighted by Crippen LogP contribution is -2.37. The van der Waals surface area contributed by atoms with E-state index in [0.717, 1.165) is 11.3 Å². The zero-order valence-corrected chi connectivity index (χ0v) is 9.48. The molecule has 1 heterocycles. The molecule has 86 valence electrons. The van der Waals surface area contributed by atoms with E-state index in [1.807, 2.05) is 30.5 Å². The van der Waals surface area contributed by atoms with Crippen molar-refractivity contribution < 1.29 is 4.79 Å². The van der Waals surface area contributed by atoms with Gasteiger partial charge in [-0.25, -0.2) is 0 Å². The number of nitrogens with two attached hydrogens (primary N) is 2. The van der Waals surface area contributed by atoms with Gasteiger partial charge in [0, 0.05) is 12.1 Å². The van der Waals surface area contributed by atoms with Gasteiger partial charge in [-0.1, -0.05) is 18.2 Å². The summed E-state index contributed by atoms with van der Waals surface area (Å²) < 4.78 is 0. The van der Waals surface area contributed by atoms with Gasteiger partial charge in [0.1, 0.15) is 0 Å². The van der Waals surface area contributed by atoms with Gasteiger partial charge < -0.3 is 11.5 Å². The number of hydrogen-bond acceptors (Lipinski definition) is 3. The molecule has 2 rings (SSSR count). The number of hydrogen-bond donors (Lipinski definition) is 2. The molecule has 0 bridgehead atoms. The van der Waals surface area contributed by atoms with Crippen molar-refractivity contribution in [2.24, 2.45) is 16.5 Å². The van der Waals surface area contributed by atoms with Gasteiger partial charge in [0.05, 0.1) is 11.7 Å². The second-order valence-corrected chi connectivity index (χ2v) is 3.69. The van der Waals surface area contributed by atoms with Gasteiger partial charge in [-0.2, -0.15) is 0 Å². The molecular weight excluding hydrogens is 226 g/mol. The van der Waals surface area contributed by atoms with E-state index in [1.54, 1.807) is 0 Å². The first-order valence-electron chi connectivity index (χ1n) is 4.86. The third kappa shape index (κ3) is 2.40. The third-order valence-electron chi connectivity index (χ3n) is 2.60. The van der Waals surface area contributed by atoms with Crippen molar-refractivity contribution in [1.29, 1.82) is 0 Å². The number of fused-ring (bicyclic) bond motifs is 1. The molecule has 0 fully saturated rings. The number of amides is 1. The molecule has 16 heavy (non-hydrogen) atoms. The fraction of sp³-hybridized carbons (Fsp3) is 0.273. The van der Waals surface area contributed by atoms with Gasteiger partial charge >= 0.3 is 0 Å². The van der Waals surface area contributed by atoms with Gasteiger partial charge in [0.25, 0.3) is 0 Å². The second kappa shape index (κ2) is 5.09. The van der Waals surface area contributed by atoms with Crippen LogP contribution in [0.25, 0.3) is 0 Å². The van der Waals surface area contributed by atoms with E-state index >= 15 is 0 Å². The molecule has 1 aliphatic heterocycles. The van der Waals surface area contributed by atoms with E-state index in [-0.39, 0.29) is 18.3 Å². The highest BCUT2D eigenvalue weighted by atomic mass is 35.5. The summed E-state index contributed by atoms with van der Waals surface area (Å²) >= 11 is 0. The lowest BCUT2D eigenvalue weighted by atomic mass is 9.94. The number of nitrogens with zero attached hydrogens (tertiary/aromatic N) is 1. The number of para-hydroxylation sites is 1. The first-order valence-corrected chi connectivity index (χ1v) is 4.86. The molecule has 0 spiro atoms. The van der Waals surface area contributed by atoms with Crippen LogP contribution in [0.3, 0.4) is 0 Å². The van der Waals surface area contributed by atoms with E-state index in [0.29, 0.717) is 6.42 Å². The van der Waals surface area contributed by atoms with Crippen molar-refractivity contribution in [3.8, 4) is 0 Å². The Morgan fingerprint density at radius 1 is 1.44 bits per heavy atom. The van der Waals surface area contributed by atoms with Crippen LogP contribution in [0.5, 0.6) is 0 Å². The summed E-state index contributed by atoms with van der Waals surface area (Å²) in [5.41, 5.74) is 12.8. The molecule has 4 nitrogen and oxygen atoms in total. The molecular formula is C11H14ClN3O. The maximum atomic E-state index is 10.9. The Hall–Kier alpha value is -1.39. The van der Waals surface area contributed by atoms with Crippen LogP contribution in [0.2, 0.25) is 0 Å². The number of benzene rings is 1. The maximum Gasteiger partial charge on any atom is 0.234 e. The third-order valence-corrected chi connectivity index (χ3v) is 2.60. The Morgan fingerprint density at radius 2 is 2.12 bits per heavy atom. The maximum absolute atomic E-state index is 10.9. The van der Waals surface area contributed by atoms with Crippen molar-refractivity contribution in [2.45, 2.75) is 18.4 Å². The molecule has 2 atom stereocenters. The van der Waals surface area contributed by atoms with Crippen molar-refractivity contribution in [3.05, 3.63) is 29.8 Å². The van der Waals surface area contributed by atoms with E-state index < -0.39 is 11.9 Å². The minimum absolute atomic E-state index is 0. The van der Waals surface area contributed by atoms with Gasteiger partial charge in [-0.05, 0) is 18.1 Å². The van der Waals surface area contributed by atoms with Gasteiger partial charge in [-0.3, -0.25) is 9.79 Å². The van der Waals surface area contributed by atoms with E-state index in [4.69, 9.17) is 11.5 Å². The topological polar surface area (TPSA) is 81.5 Å². The average Bonchev–Trinajstić information content (AvgIpc) is 2.62. The molecule has 1 aromatic rings. The lowest BCUT2D eigenvalue weighted by Gasteiger charge is -2.12.